The first-order chi connectivity index (χ1) is 11.8. The lowest BCUT2D eigenvalue weighted by molar-refractivity contribution is -0.134. The highest BCUT2D eigenvalue weighted by molar-refractivity contribution is 5.96. The summed E-state index contributed by atoms with van der Waals surface area (Å²) in [6, 6.07) is 7.82. The van der Waals surface area contributed by atoms with Crippen molar-refractivity contribution in [2.24, 2.45) is 5.92 Å². The van der Waals surface area contributed by atoms with Gasteiger partial charge in [0.15, 0.2) is 6.10 Å². The molecule has 0 unspecified atom stereocenters. The molecule has 132 valence electrons. The largest absolute Gasteiger partial charge is 0.439 e. The average molecular weight is 339 g/mol. The zero-order valence-corrected chi connectivity index (χ0v) is 15.3. The Balaban J connectivity index is 1.68. The maximum atomic E-state index is 13.2. The third-order valence-electron chi connectivity index (χ3n) is 6.43. The van der Waals surface area contributed by atoms with E-state index in [2.05, 4.69) is 33.8 Å². The molecule has 25 heavy (non-hydrogen) atoms. The molecule has 1 heterocycles. The SMILES string of the molecule is CC1=C(C)C[C@H](C(=O)N2C(=O)O[C@@H]3c4ccccc4C(C)(C)[C@@H]32)CC1. The van der Waals surface area contributed by atoms with Crippen LogP contribution < -0.4 is 0 Å². The predicted molar refractivity (Wildman–Crippen MR) is 95.0 cm³/mol. The zero-order chi connectivity index (χ0) is 17.9. The van der Waals surface area contributed by atoms with Gasteiger partial charge in [-0.15, -0.1) is 0 Å². The fourth-order valence-electron chi connectivity index (χ4n) is 4.79. The second-order valence-corrected chi connectivity index (χ2v) is 8.27. The molecule has 0 aromatic heterocycles. The van der Waals surface area contributed by atoms with Gasteiger partial charge in [0.1, 0.15) is 0 Å². The Kier molecular flexibility index (Phi) is 3.57. The fraction of sp³-hybridized carbons (Fsp3) is 0.524. The van der Waals surface area contributed by atoms with Gasteiger partial charge in [0.25, 0.3) is 0 Å². The first-order valence-electron chi connectivity index (χ1n) is 9.10. The quantitative estimate of drug-likeness (QED) is 0.708. The number of allylic oxidation sites excluding steroid dienone is 2. The highest BCUT2D eigenvalue weighted by Crippen LogP contribution is 2.52. The molecule has 2 aliphatic carbocycles. The van der Waals surface area contributed by atoms with Gasteiger partial charge >= 0.3 is 6.09 Å². The van der Waals surface area contributed by atoms with Crippen LogP contribution >= 0.6 is 0 Å². The van der Waals surface area contributed by atoms with E-state index in [0.717, 1.165) is 24.8 Å². The third-order valence-corrected chi connectivity index (χ3v) is 6.43. The highest BCUT2D eigenvalue weighted by atomic mass is 16.6. The molecule has 1 aromatic carbocycles. The van der Waals surface area contributed by atoms with Crippen molar-refractivity contribution in [2.45, 2.75) is 64.5 Å². The number of benzene rings is 1. The van der Waals surface area contributed by atoms with Gasteiger partial charge in [0, 0.05) is 11.3 Å². The molecule has 1 aromatic rings. The third kappa shape index (κ3) is 2.26. The van der Waals surface area contributed by atoms with Gasteiger partial charge in [0.2, 0.25) is 5.91 Å². The Labute approximate surface area is 148 Å². The summed E-state index contributed by atoms with van der Waals surface area (Å²) in [5.74, 6) is -0.181. The maximum absolute atomic E-state index is 13.2. The summed E-state index contributed by atoms with van der Waals surface area (Å²) in [6.45, 7) is 8.44. The van der Waals surface area contributed by atoms with E-state index in [9.17, 15) is 9.59 Å². The monoisotopic (exact) mass is 339 g/mol. The second-order valence-electron chi connectivity index (χ2n) is 8.27. The molecule has 4 heteroatoms. The van der Waals surface area contributed by atoms with E-state index in [0.29, 0.717) is 0 Å². The van der Waals surface area contributed by atoms with Gasteiger partial charge in [-0.1, -0.05) is 49.3 Å². The molecular weight excluding hydrogens is 314 g/mol. The Morgan fingerprint density at radius 2 is 1.92 bits per heavy atom. The molecule has 4 nitrogen and oxygen atoms in total. The molecular formula is C21H25NO3. The molecule has 0 bridgehead atoms. The smallest absolute Gasteiger partial charge is 0.417 e. The van der Waals surface area contributed by atoms with Crippen molar-refractivity contribution in [2.75, 3.05) is 0 Å². The summed E-state index contributed by atoms with van der Waals surface area (Å²) in [7, 11) is 0. The minimum atomic E-state index is -0.480. The number of carbonyl (C=O) groups excluding carboxylic acids is 2. The van der Waals surface area contributed by atoms with Gasteiger partial charge in [0.05, 0.1) is 6.04 Å². The molecule has 0 N–H and O–H groups in total. The van der Waals surface area contributed by atoms with E-state index in [1.165, 1.54) is 21.6 Å². The highest BCUT2D eigenvalue weighted by Gasteiger charge is 2.59. The van der Waals surface area contributed by atoms with Crippen LogP contribution in [0.2, 0.25) is 0 Å². The van der Waals surface area contributed by atoms with Gasteiger partial charge in [-0.25, -0.2) is 9.69 Å². The summed E-state index contributed by atoms with van der Waals surface area (Å²) in [5.41, 5.74) is 4.56. The minimum absolute atomic E-state index is 0.0646. The van der Waals surface area contributed by atoms with E-state index >= 15 is 0 Å². The Morgan fingerprint density at radius 1 is 1.20 bits per heavy atom. The number of fused-ring (bicyclic) bond motifs is 3. The summed E-state index contributed by atoms with van der Waals surface area (Å²) < 4.78 is 5.67. The number of nitrogens with zero attached hydrogens (tertiary/aromatic N) is 1. The van der Waals surface area contributed by atoms with Gasteiger partial charge in [-0.3, -0.25) is 4.79 Å². The van der Waals surface area contributed by atoms with Crippen molar-refractivity contribution < 1.29 is 14.3 Å². The van der Waals surface area contributed by atoms with E-state index < -0.39 is 6.09 Å². The molecule has 2 amide bonds. The maximum Gasteiger partial charge on any atom is 0.417 e. The molecule has 1 saturated heterocycles. The summed E-state index contributed by atoms with van der Waals surface area (Å²) >= 11 is 0. The van der Waals surface area contributed by atoms with Crippen LogP contribution in [0.15, 0.2) is 35.4 Å². The van der Waals surface area contributed by atoms with Crippen LogP contribution in [0, 0.1) is 5.92 Å². The van der Waals surface area contributed by atoms with E-state index in [1.54, 1.807) is 0 Å². The fourth-order valence-corrected chi connectivity index (χ4v) is 4.79. The van der Waals surface area contributed by atoms with Crippen LogP contribution in [0.4, 0.5) is 4.79 Å². The van der Waals surface area contributed by atoms with Crippen LogP contribution in [0.25, 0.3) is 0 Å². The zero-order valence-electron chi connectivity index (χ0n) is 15.3. The van der Waals surface area contributed by atoms with Crippen LogP contribution in [-0.4, -0.2) is 22.9 Å². The van der Waals surface area contributed by atoms with Crippen molar-refractivity contribution in [3.63, 3.8) is 0 Å². The standard InChI is InChI=1S/C21H25NO3/c1-12-9-10-14(11-13(12)2)19(23)22-18-17(25-20(22)24)15-7-5-6-8-16(15)21(18,3)4/h5-8,14,17-18H,9-11H2,1-4H3/t14-,17-,18-/m1/s1. The van der Waals surface area contributed by atoms with Crippen LogP contribution in [0.3, 0.4) is 0 Å². The number of hydrogen-bond acceptors (Lipinski definition) is 3. The Morgan fingerprint density at radius 3 is 2.64 bits per heavy atom. The van der Waals surface area contributed by atoms with Crippen molar-refractivity contribution in [1.82, 2.24) is 4.90 Å². The Bertz CT molecular complexity index is 792. The van der Waals surface area contributed by atoms with E-state index in [1.807, 2.05) is 18.2 Å². The molecule has 3 atom stereocenters. The number of carbonyl (C=O) groups is 2. The van der Waals surface area contributed by atoms with Gasteiger partial charge in [-0.2, -0.15) is 0 Å². The Hall–Kier alpha value is -2.10. The number of rotatable bonds is 1. The number of hydrogen-bond donors (Lipinski definition) is 0. The lowest BCUT2D eigenvalue weighted by Gasteiger charge is -2.34. The van der Waals surface area contributed by atoms with Crippen molar-refractivity contribution in [1.29, 1.82) is 0 Å². The van der Waals surface area contributed by atoms with E-state index in [-0.39, 0.29) is 29.4 Å². The van der Waals surface area contributed by atoms with Gasteiger partial charge in [-0.05, 0) is 44.2 Å². The molecule has 4 rings (SSSR count). The van der Waals surface area contributed by atoms with Gasteiger partial charge < -0.3 is 4.74 Å². The van der Waals surface area contributed by atoms with Crippen molar-refractivity contribution in [3.05, 3.63) is 46.5 Å². The minimum Gasteiger partial charge on any atom is -0.439 e. The molecule has 0 radical (unpaired) electrons. The van der Waals surface area contributed by atoms with Crippen LogP contribution in [-0.2, 0) is 14.9 Å². The van der Waals surface area contributed by atoms with Crippen LogP contribution in [0.1, 0.15) is 64.2 Å². The lowest BCUT2D eigenvalue weighted by atomic mass is 9.80. The first-order valence-corrected chi connectivity index (χ1v) is 9.10. The van der Waals surface area contributed by atoms with Crippen molar-refractivity contribution in [3.8, 4) is 0 Å². The number of amides is 2. The van der Waals surface area contributed by atoms with E-state index in [4.69, 9.17) is 4.74 Å². The normalized spacial score (nSPS) is 30.2. The molecule has 0 saturated carbocycles. The summed E-state index contributed by atoms with van der Waals surface area (Å²) in [4.78, 5) is 27.3. The number of ether oxygens (including phenoxy) is 1. The predicted octanol–water partition coefficient (Wildman–Crippen LogP) is 4.50. The lowest BCUT2D eigenvalue weighted by Crippen LogP contribution is -2.49. The van der Waals surface area contributed by atoms with Crippen molar-refractivity contribution >= 4 is 12.0 Å². The molecule has 1 aliphatic heterocycles. The topological polar surface area (TPSA) is 46.6 Å². The second kappa shape index (κ2) is 5.45. The van der Waals surface area contributed by atoms with Crippen LogP contribution in [0.5, 0.6) is 0 Å². The number of imide groups is 1. The first kappa shape index (κ1) is 16.4. The molecule has 1 fully saturated rings. The average Bonchev–Trinajstić information content (AvgIpc) is 3.03. The summed E-state index contributed by atoms with van der Waals surface area (Å²) in [5, 5.41) is 0. The summed E-state index contributed by atoms with van der Waals surface area (Å²) in [6.07, 6.45) is 1.68. The molecule has 0 spiro atoms. The molecule has 3 aliphatic rings.